The van der Waals surface area contributed by atoms with Gasteiger partial charge >= 0.3 is 0 Å². The van der Waals surface area contributed by atoms with Crippen molar-refractivity contribution in [2.75, 3.05) is 31.1 Å². The fourth-order valence-electron chi connectivity index (χ4n) is 3.50. The first-order chi connectivity index (χ1) is 12.7. The highest BCUT2D eigenvalue weighted by Gasteiger charge is 2.23. The van der Waals surface area contributed by atoms with Gasteiger partial charge in [0.2, 0.25) is 0 Å². The van der Waals surface area contributed by atoms with Crippen molar-refractivity contribution < 1.29 is 0 Å². The zero-order chi connectivity index (χ0) is 17.9. The highest BCUT2D eigenvalue weighted by molar-refractivity contribution is 5.74. The number of hydrogen-bond donors (Lipinski definition) is 0. The summed E-state index contributed by atoms with van der Waals surface area (Å²) in [6.45, 7) is 8.33. The van der Waals surface area contributed by atoms with Crippen molar-refractivity contribution in [2.45, 2.75) is 26.3 Å². The lowest BCUT2D eigenvalue weighted by Gasteiger charge is -2.38. The third-order valence-electron chi connectivity index (χ3n) is 5.23. The van der Waals surface area contributed by atoms with Gasteiger partial charge in [-0.15, -0.1) is 5.10 Å². The van der Waals surface area contributed by atoms with Gasteiger partial charge in [0.1, 0.15) is 0 Å². The summed E-state index contributed by atoms with van der Waals surface area (Å²) in [6, 6.07) is 10.9. The fourth-order valence-corrected chi connectivity index (χ4v) is 3.50. The molecule has 0 bridgehead atoms. The van der Waals surface area contributed by atoms with Crippen molar-refractivity contribution in [2.24, 2.45) is 0 Å². The molecule has 1 unspecified atom stereocenters. The number of aromatic nitrogens is 4. The summed E-state index contributed by atoms with van der Waals surface area (Å²) in [6.07, 6.45) is 4.41. The Hall–Kier alpha value is -2.60. The van der Waals surface area contributed by atoms with Gasteiger partial charge in [-0.3, -0.25) is 14.9 Å². The average Bonchev–Trinajstić information content (AvgIpc) is 2.73. The van der Waals surface area contributed by atoms with Crippen molar-refractivity contribution >= 4 is 16.9 Å². The third kappa shape index (κ3) is 3.37. The van der Waals surface area contributed by atoms with Crippen LogP contribution >= 0.6 is 0 Å². The van der Waals surface area contributed by atoms with Gasteiger partial charge in [0.05, 0.1) is 16.7 Å². The van der Waals surface area contributed by atoms with Crippen LogP contribution in [0.5, 0.6) is 0 Å². The van der Waals surface area contributed by atoms with E-state index in [1.54, 1.807) is 12.4 Å². The van der Waals surface area contributed by atoms with E-state index >= 15 is 0 Å². The summed E-state index contributed by atoms with van der Waals surface area (Å²) in [7, 11) is 0. The molecule has 134 valence electrons. The van der Waals surface area contributed by atoms with Crippen LogP contribution in [0.4, 0.5) is 5.82 Å². The molecule has 0 spiro atoms. The second-order valence-electron chi connectivity index (χ2n) is 6.74. The van der Waals surface area contributed by atoms with Gasteiger partial charge in [0, 0.05) is 44.6 Å². The molecule has 26 heavy (non-hydrogen) atoms. The molecule has 0 amide bonds. The summed E-state index contributed by atoms with van der Waals surface area (Å²) in [5, 5.41) is 8.66. The monoisotopic (exact) mass is 348 g/mol. The van der Waals surface area contributed by atoms with E-state index in [9.17, 15) is 0 Å². The predicted molar refractivity (Wildman–Crippen MR) is 103 cm³/mol. The Morgan fingerprint density at radius 2 is 1.69 bits per heavy atom. The van der Waals surface area contributed by atoms with E-state index < -0.39 is 0 Å². The molecule has 1 aromatic carbocycles. The molecule has 1 aliphatic heterocycles. The molecule has 6 nitrogen and oxygen atoms in total. The van der Waals surface area contributed by atoms with Crippen molar-refractivity contribution in [1.29, 1.82) is 0 Å². The van der Waals surface area contributed by atoms with Gasteiger partial charge < -0.3 is 4.90 Å². The lowest BCUT2D eigenvalue weighted by molar-refractivity contribution is 0.198. The Bertz CT molecular complexity index is 871. The van der Waals surface area contributed by atoms with Gasteiger partial charge in [-0.1, -0.05) is 13.0 Å². The average molecular weight is 348 g/mol. The minimum Gasteiger partial charge on any atom is -0.353 e. The minimum atomic E-state index is 0.358. The summed E-state index contributed by atoms with van der Waals surface area (Å²) in [4.78, 5) is 13.6. The fraction of sp³-hybridized carbons (Fsp3) is 0.400. The minimum absolute atomic E-state index is 0.358. The molecule has 1 fully saturated rings. The first-order valence-electron chi connectivity index (χ1n) is 9.27. The largest absolute Gasteiger partial charge is 0.353 e. The maximum atomic E-state index is 4.43. The van der Waals surface area contributed by atoms with Crippen LogP contribution in [-0.2, 0) is 6.42 Å². The molecule has 3 heterocycles. The molecule has 6 heteroatoms. The van der Waals surface area contributed by atoms with E-state index in [2.05, 4.69) is 74.1 Å². The first kappa shape index (κ1) is 16.8. The molecule has 2 aromatic heterocycles. The third-order valence-corrected chi connectivity index (χ3v) is 5.23. The van der Waals surface area contributed by atoms with Crippen LogP contribution in [0.25, 0.3) is 11.0 Å². The van der Waals surface area contributed by atoms with E-state index in [4.69, 9.17) is 0 Å². The van der Waals surface area contributed by atoms with Crippen molar-refractivity contribution in [3.63, 3.8) is 0 Å². The van der Waals surface area contributed by atoms with Crippen LogP contribution in [0, 0.1) is 0 Å². The Labute approximate surface area is 153 Å². The number of hydrogen-bond acceptors (Lipinski definition) is 6. The van der Waals surface area contributed by atoms with E-state index in [-0.39, 0.29) is 0 Å². The molecular weight excluding hydrogens is 324 g/mol. The number of anilines is 1. The number of aryl methyl sites for hydroxylation is 1. The van der Waals surface area contributed by atoms with Crippen molar-refractivity contribution in [1.82, 2.24) is 25.1 Å². The van der Waals surface area contributed by atoms with Gasteiger partial charge in [0.25, 0.3) is 0 Å². The second-order valence-corrected chi connectivity index (χ2v) is 6.74. The van der Waals surface area contributed by atoms with E-state index in [0.717, 1.165) is 55.1 Å². The normalized spacial score (nSPS) is 16.8. The summed E-state index contributed by atoms with van der Waals surface area (Å²) < 4.78 is 0. The van der Waals surface area contributed by atoms with Crippen molar-refractivity contribution in [3.8, 4) is 0 Å². The standard InChI is InChI=1S/C20H24N6/c1-3-17-5-7-20(24-23-17)26-12-10-25(11-13-26)15(2)16-4-6-18-19(14-16)22-9-8-21-18/h4-9,14-15H,3,10-13H2,1-2H3. The number of piperazine rings is 1. The van der Waals surface area contributed by atoms with Gasteiger partial charge in [-0.25, -0.2) is 0 Å². The SMILES string of the molecule is CCc1ccc(N2CCN(C(C)c3ccc4nccnc4c3)CC2)nn1. The zero-order valence-electron chi connectivity index (χ0n) is 15.3. The predicted octanol–water partition coefficient (Wildman–Crippen LogP) is 2.87. The molecule has 1 atom stereocenters. The number of rotatable bonds is 4. The molecule has 0 saturated carbocycles. The van der Waals surface area contributed by atoms with Crippen LogP contribution in [0.1, 0.15) is 31.1 Å². The van der Waals surface area contributed by atoms with Crippen LogP contribution in [-0.4, -0.2) is 51.2 Å². The molecule has 4 rings (SSSR count). The smallest absolute Gasteiger partial charge is 0.151 e. The lowest BCUT2D eigenvalue weighted by Crippen LogP contribution is -2.47. The molecule has 1 saturated heterocycles. The Morgan fingerprint density at radius 1 is 0.923 bits per heavy atom. The highest BCUT2D eigenvalue weighted by atomic mass is 15.3. The van der Waals surface area contributed by atoms with Crippen LogP contribution in [0.2, 0.25) is 0 Å². The van der Waals surface area contributed by atoms with Crippen LogP contribution in [0.15, 0.2) is 42.7 Å². The quantitative estimate of drug-likeness (QED) is 0.723. The topological polar surface area (TPSA) is 58.0 Å². The summed E-state index contributed by atoms with van der Waals surface area (Å²) in [5.74, 6) is 0.982. The van der Waals surface area contributed by atoms with Crippen molar-refractivity contribution in [3.05, 3.63) is 54.0 Å². The highest BCUT2D eigenvalue weighted by Crippen LogP contribution is 2.25. The number of fused-ring (bicyclic) bond motifs is 1. The number of nitrogens with zero attached hydrogens (tertiary/aromatic N) is 6. The molecular formula is C20H24N6. The second kappa shape index (κ2) is 7.33. The van der Waals surface area contributed by atoms with Gasteiger partial charge in [-0.05, 0) is 43.2 Å². The number of benzene rings is 1. The summed E-state index contributed by atoms with van der Waals surface area (Å²) in [5.41, 5.74) is 4.24. The molecule has 0 N–H and O–H groups in total. The Kier molecular flexibility index (Phi) is 4.75. The van der Waals surface area contributed by atoms with E-state index in [1.807, 2.05) is 0 Å². The van der Waals surface area contributed by atoms with Crippen LogP contribution in [0.3, 0.4) is 0 Å². The molecule has 0 aliphatic carbocycles. The van der Waals surface area contributed by atoms with Crippen LogP contribution < -0.4 is 4.90 Å². The van der Waals surface area contributed by atoms with Gasteiger partial charge in [-0.2, -0.15) is 5.10 Å². The zero-order valence-corrected chi connectivity index (χ0v) is 15.3. The van der Waals surface area contributed by atoms with E-state index in [1.165, 1.54) is 5.56 Å². The summed E-state index contributed by atoms with van der Waals surface area (Å²) >= 11 is 0. The molecule has 0 radical (unpaired) electrons. The van der Waals surface area contributed by atoms with Gasteiger partial charge in [0.15, 0.2) is 5.82 Å². The lowest BCUT2D eigenvalue weighted by atomic mass is 10.0. The maximum absolute atomic E-state index is 4.43. The molecule has 1 aliphatic rings. The Balaban J connectivity index is 1.42. The molecule has 3 aromatic rings. The maximum Gasteiger partial charge on any atom is 0.151 e. The Morgan fingerprint density at radius 3 is 2.38 bits per heavy atom. The first-order valence-corrected chi connectivity index (χ1v) is 9.27. The van der Waals surface area contributed by atoms with E-state index in [0.29, 0.717) is 6.04 Å².